The van der Waals surface area contributed by atoms with E-state index >= 15 is 0 Å². The molecular weight excluding hydrogens is 1510 g/mol. The largest absolute Gasteiger partial charge is 0.463 e. The Balaban J connectivity index is 1.20. The molecular formula is C85H149N3O28. The van der Waals surface area contributed by atoms with Gasteiger partial charge in [0.1, 0.15) is 43.0 Å². The van der Waals surface area contributed by atoms with Gasteiger partial charge in [0.05, 0.1) is 183 Å². The van der Waals surface area contributed by atoms with Crippen LogP contribution in [-0.2, 0) is 140 Å². The number of ether oxygens (including phenoxy) is 21. The minimum atomic E-state index is -1.01. The van der Waals surface area contributed by atoms with Crippen molar-refractivity contribution >= 4 is 41.0 Å². The van der Waals surface area contributed by atoms with Gasteiger partial charge in [-0.05, 0) is 73.5 Å². The fourth-order valence-electron chi connectivity index (χ4n) is 13.7. The molecule has 0 aliphatic carbocycles. The molecule has 672 valence electrons. The van der Waals surface area contributed by atoms with E-state index in [1.807, 2.05) is 10.9 Å². The Morgan fingerprint density at radius 1 is 0.345 bits per heavy atom. The summed E-state index contributed by atoms with van der Waals surface area (Å²) in [6, 6.07) is 0. The second-order valence-electron chi connectivity index (χ2n) is 31.8. The van der Waals surface area contributed by atoms with Crippen LogP contribution in [0.4, 0.5) is 0 Å². The molecule has 15 unspecified atom stereocenters. The molecule has 31 heteroatoms. The van der Waals surface area contributed by atoms with E-state index in [0.29, 0.717) is 195 Å². The molecule has 3 saturated heterocycles. The van der Waals surface area contributed by atoms with Crippen molar-refractivity contribution in [3.8, 4) is 0 Å². The fraction of sp³-hybridized carbons (Fsp3) is 0.894. The minimum Gasteiger partial charge on any atom is -0.463 e. The summed E-state index contributed by atoms with van der Waals surface area (Å²) >= 11 is 0. The molecule has 1 aromatic heterocycles. The van der Waals surface area contributed by atoms with Crippen molar-refractivity contribution in [2.24, 2.45) is 58.7 Å². The highest BCUT2D eigenvalue weighted by Gasteiger charge is 2.43. The smallest absolute Gasteiger partial charge is 0.302 e. The van der Waals surface area contributed by atoms with Crippen LogP contribution in [0.2, 0.25) is 0 Å². The lowest BCUT2D eigenvalue weighted by atomic mass is 9.79. The summed E-state index contributed by atoms with van der Waals surface area (Å²) in [5.74, 6) is 1.28. The number of rotatable bonds is 72. The molecule has 31 nitrogen and oxygen atoms in total. The molecule has 0 spiro atoms. The molecule has 3 fully saturated rings. The monoisotopic (exact) mass is 1660 g/mol. The van der Waals surface area contributed by atoms with Crippen LogP contribution in [0.3, 0.4) is 0 Å². The zero-order chi connectivity index (χ0) is 84.7. The summed E-state index contributed by atoms with van der Waals surface area (Å²) in [5.41, 5.74) is -0.0855. The summed E-state index contributed by atoms with van der Waals surface area (Å²) in [6.07, 6.45) is 5.37. The number of nitrogens with zero attached hydrogens (tertiary/aromatic N) is 3. The number of aromatic nitrogens is 3. The lowest BCUT2D eigenvalue weighted by Gasteiger charge is -2.43. The first kappa shape index (κ1) is 104. The lowest BCUT2D eigenvalue weighted by molar-refractivity contribution is -0.258. The molecule has 3 aliphatic heterocycles. The molecule has 3 aliphatic rings. The van der Waals surface area contributed by atoms with Crippen LogP contribution in [0, 0.1) is 58.7 Å². The Morgan fingerprint density at radius 2 is 0.638 bits per heavy atom. The Morgan fingerprint density at radius 3 is 0.931 bits per heavy atom. The molecule has 0 radical (unpaired) electrons. The van der Waals surface area contributed by atoms with Gasteiger partial charge >= 0.3 is 17.9 Å². The summed E-state index contributed by atoms with van der Waals surface area (Å²) in [6.45, 7) is 36.6. The Bertz CT molecular complexity index is 2550. The zero-order valence-electron chi connectivity index (χ0n) is 72.9. The third-order valence-electron chi connectivity index (χ3n) is 22.2. The number of ketones is 4. The predicted molar refractivity (Wildman–Crippen MR) is 427 cm³/mol. The highest BCUT2D eigenvalue weighted by Crippen LogP contribution is 2.39. The number of esters is 3. The number of hydrogen-bond donors (Lipinski definition) is 0. The molecule has 116 heavy (non-hydrogen) atoms. The van der Waals surface area contributed by atoms with E-state index in [1.165, 1.54) is 20.8 Å². The predicted octanol–water partition coefficient (Wildman–Crippen LogP) is 9.96. The summed E-state index contributed by atoms with van der Waals surface area (Å²) in [4.78, 5) is 87.9. The molecule has 1 aromatic rings. The van der Waals surface area contributed by atoms with E-state index in [9.17, 15) is 33.6 Å². The van der Waals surface area contributed by atoms with Crippen LogP contribution < -0.4 is 0 Å². The summed E-state index contributed by atoms with van der Waals surface area (Å²) in [5, 5.41) is 8.53. The first-order valence-corrected chi connectivity index (χ1v) is 42.9. The fourth-order valence-corrected chi connectivity index (χ4v) is 13.7. The first-order chi connectivity index (χ1) is 55.8. The van der Waals surface area contributed by atoms with Gasteiger partial charge in [0.15, 0.2) is 18.9 Å². The van der Waals surface area contributed by atoms with Crippen LogP contribution in [-0.4, -0.2) is 291 Å². The van der Waals surface area contributed by atoms with Gasteiger partial charge < -0.3 is 99.5 Å². The molecule has 0 bridgehead atoms. The maximum absolute atomic E-state index is 14.1. The van der Waals surface area contributed by atoms with Gasteiger partial charge in [-0.1, -0.05) is 87.8 Å². The third-order valence-corrected chi connectivity index (χ3v) is 22.2. The van der Waals surface area contributed by atoms with Crippen LogP contribution in [0.25, 0.3) is 0 Å². The van der Waals surface area contributed by atoms with Gasteiger partial charge in [-0.15, -0.1) is 5.10 Å². The highest BCUT2D eigenvalue weighted by molar-refractivity contribution is 5.80. The van der Waals surface area contributed by atoms with Crippen molar-refractivity contribution in [3.05, 3.63) is 11.9 Å². The van der Waals surface area contributed by atoms with Gasteiger partial charge in [0.2, 0.25) is 0 Å². The number of hydrogen-bond acceptors (Lipinski definition) is 30. The first-order valence-electron chi connectivity index (χ1n) is 42.9. The third kappa shape index (κ3) is 45.4. The van der Waals surface area contributed by atoms with Crippen LogP contribution in [0.5, 0.6) is 0 Å². The standard InChI is InChI=1S/C85H149N3O28/c1-61(2)78-54-88(87-86-78)28-17-15-16-21-77(95)53-85(58-105-32-25-74(92)22-18-29-96-35-38-99-41-44-102-47-50-108-82-68(9)62(3)65(6)79(114-82)55-111-71(12)89,59-106-33-26-75(93)23-19-30-97-36-39-100-42-45-103-48-51-109-83-69(10)63(4)66(7)80(115-83)56-112-72(13)90)60-107-34-27-76(94)24-20-31-98-37-40-101-43-46-104-49-52-110-84-70(11)64(5)67(8)81(116-84)57-113-73(14)91/h54,61-70,79-84H,15-53,55-60H2,1-14H3. The van der Waals surface area contributed by atoms with E-state index in [1.54, 1.807) is 0 Å². The maximum Gasteiger partial charge on any atom is 0.302 e. The Kier molecular flexibility index (Phi) is 56.0. The second kappa shape index (κ2) is 62.6. The SMILES string of the molecule is CC(=O)OCC1OC(OCCOCCOCCOCCCC(=O)CCOCC(COCCC(=O)CCCOCCOCCOCCOC2OC(COC(C)=O)C(C)C(C)C2C)(COCCC(=O)CCCOCCOCCOCCOC2OC(COC(C)=O)C(C)C(C)C2C)CC(=O)CCCCCn2cc(C(C)C)nn2)C(C)C(C)C1C. The summed E-state index contributed by atoms with van der Waals surface area (Å²) < 4.78 is 124. The van der Waals surface area contributed by atoms with Gasteiger partial charge in [0, 0.05) is 128 Å². The minimum absolute atomic E-state index is 0.00365. The van der Waals surface area contributed by atoms with Crippen molar-refractivity contribution in [2.45, 2.75) is 236 Å². The maximum atomic E-state index is 14.1. The number of aryl methyl sites for hydroxylation is 1. The average Bonchev–Trinajstić information content (AvgIpc) is 1.07. The highest BCUT2D eigenvalue weighted by atomic mass is 16.7. The van der Waals surface area contributed by atoms with Crippen LogP contribution in [0.15, 0.2) is 6.20 Å². The van der Waals surface area contributed by atoms with Crippen LogP contribution >= 0.6 is 0 Å². The zero-order valence-corrected chi connectivity index (χ0v) is 72.9. The van der Waals surface area contributed by atoms with Gasteiger partial charge in [-0.25, -0.2) is 0 Å². The molecule has 0 amide bonds. The van der Waals surface area contributed by atoms with Crippen molar-refractivity contribution in [3.63, 3.8) is 0 Å². The Hall–Kier alpha value is -4.49. The van der Waals surface area contributed by atoms with E-state index in [2.05, 4.69) is 86.5 Å². The van der Waals surface area contributed by atoms with Crippen LogP contribution in [0.1, 0.15) is 198 Å². The number of carbonyl (C=O) groups excluding carboxylic acids is 7. The van der Waals surface area contributed by atoms with Crippen molar-refractivity contribution in [1.29, 1.82) is 0 Å². The number of unbranched alkanes of at least 4 members (excludes halogenated alkanes) is 2. The van der Waals surface area contributed by atoms with Crippen molar-refractivity contribution < 1.29 is 133 Å². The molecule has 15 atom stereocenters. The molecule has 0 saturated carbocycles. The van der Waals surface area contributed by atoms with Gasteiger partial charge in [0.25, 0.3) is 0 Å². The van der Waals surface area contributed by atoms with E-state index in [0.717, 1.165) is 18.5 Å². The molecule has 0 aromatic carbocycles. The van der Waals surface area contributed by atoms with Gasteiger partial charge in [-0.3, -0.25) is 38.2 Å². The average molecular weight is 1660 g/mol. The topological polar surface area (TPSA) is 344 Å². The second-order valence-corrected chi connectivity index (χ2v) is 31.8. The molecule has 4 heterocycles. The van der Waals surface area contributed by atoms with Crippen molar-refractivity contribution in [2.75, 3.05) is 198 Å². The Labute approximate surface area is 691 Å². The number of carbonyl (C=O) groups is 7. The molecule has 4 rings (SSSR count). The molecule has 0 N–H and O–H groups in total. The summed E-state index contributed by atoms with van der Waals surface area (Å²) in [7, 11) is 0. The van der Waals surface area contributed by atoms with E-state index in [4.69, 9.17) is 99.5 Å². The van der Waals surface area contributed by atoms with E-state index < -0.39 is 24.3 Å². The van der Waals surface area contributed by atoms with E-state index in [-0.39, 0.29) is 205 Å². The number of Topliss-reactive ketones (excluding diaryl/α,β-unsaturated/α-hetero) is 4. The van der Waals surface area contributed by atoms with Crippen molar-refractivity contribution in [1.82, 2.24) is 15.0 Å². The van der Waals surface area contributed by atoms with Gasteiger partial charge in [-0.2, -0.15) is 0 Å². The quantitative estimate of drug-likeness (QED) is 0.0332. The normalized spacial score (nSPS) is 24.1. The lowest BCUT2D eigenvalue weighted by Crippen LogP contribution is -2.48.